The molecule has 0 unspecified atom stereocenters. The largest absolute Gasteiger partial charge is 0.497 e. The maximum absolute atomic E-state index is 12.1. The Balaban J connectivity index is 2.04. The zero-order chi connectivity index (χ0) is 16.1. The van der Waals surface area contributed by atoms with E-state index in [0.717, 1.165) is 11.3 Å². The lowest BCUT2D eigenvalue weighted by Crippen LogP contribution is -2.23. The molecule has 0 spiro atoms. The van der Waals surface area contributed by atoms with Crippen molar-refractivity contribution >= 4 is 17.3 Å². The maximum atomic E-state index is 12.1. The number of hydrogen-bond acceptors (Lipinski definition) is 5. The predicted molar refractivity (Wildman–Crippen MR) is 81.7 cm³/mol. The summed E-state index contributed by atoms with van der Waals surface area (Å²) >= 11 is 0. The summed E-state index contributed by atoms with van der Waals surface area (Å²) in [6.45, 7) is 0.319. The van der Waals surface area contributed by atoms with E-state index in [0.29, 0.717) is 6.54 Å². The van der Waals surface area contributed by atoms with Gasteiger partial charge in [-0.15, -0.1) is 0 Å². The molecule has 22 heavy (non-hydrogen) atoms. The van der Waals surface area contributed by atoms with E-state index in [4.69, 9.17) is 10.5 Å². The topological polar surface area (TPSA) is 107 Å². The molecule has 0 radical (unpaired) electrons. The molecular weight excluding hydrogens is 286 g/mol. The molecule has 0 bridgehead atoms. The van der Waals surface area contributed by atoms with Crippen LogP contribution in [-0.4, -0.2) is 17.9 Å². The fraction of sp³-hybridized carbons (Fsp3) is 0.133. The van der Waals surface area contributed by atoms with Crippen LogP contribution < -0.4 is 15.8 Å². The van der Waals surface area contributed by atoms with Gasteiger partial charge in [0.25, 0.3) is 11.6 Å². The average Bonchev–Trinajstić information content (AvgIpc) is 2.52. The summed E-state index contributed by atoms with van der Waals surface area (Å²) < 4.78 is 5.05. The summed E-state index contributed by atoms with van der Waals surface area (Å²) in [7, 11) is 1.58. The molecule has 0 aromatic heterocycles. The van der Waals surface area contributed by atoms with E-state index >= 15 is 0 Å². The van der Waals surface area contributed by atoms with E-state index in [1.165, 1.54) is 18.2 Å². The Morgan fingerprint density at radius 1 is 1.27 bits per heavy atom. The number of hydrogen-bond donors (Lipinski definition) is 2. The highest BCUT2D eigenvalue weighted by Gasteiger charge is 2.14. The van der Waals surface area contributed by atoms with Crippen molar-refractivity contribution in [2.75, 3.05) is 12.8 Å². The van der Waals surface area contributed by atoms with Gasteiger partial charge in [0.05, 0.1) is 23.3 Å². The van der Waals surface area contributed by atoms with Crippen molar-refractivity contribution in [3.05, 3.63) is 63.7 Å². The number of anilines is 1. The molecule has 2 aromatic carbocycles. The van der Waals surface area contributed by atoms with Crippen LogP contribution in [0.1, 0.15) is 15.9 Å². The number of carbonyl (C=O) groups is 1. The first-order chi connectivity index (χ1) is 10.5. The van der Waals surface area contributed by atoms with E-state index in [1.807, 2.05) is 12.1 Å². The zero-order valence-electron chi connectivity index (χ0n) is 11.9. The van der Waals surface area contributed by atoms with Gasteiger partial charge in [-0.1, -0.05) is 12.1 Å². The minimum absolute atomic E-state index is 0.0708. The van der Waals surface area contributed by atoms with Crippen molar-refractivity contribution in [2.24, 2.45) is 0 Å². The van der Waals surface area contributed by atoms with Gasteiger partial charge in [0.15, 0.2) is 0 Å². The number of nitro groups is 1. The molecule has 2 rings (SSSR count). The average molecular weight is 301 g/mol. The van der Waals surface area contributed by atoms with E-state index in [-0.39, 0.29) is 22.8 Å². The van der Waals surface area contributed by atoms with Crippen molar-refractivity contribution in [2.45, 2.75) is 6.54 Å². The molecule has 0 heterocycles. The van der Waals surface area contributed by atoms with Crippen LogP contribution in [0.2, 0.25) is 0 Å². The molecule has 3 N–H and O–H groups in total. The SMILES string of the molecule is COc1ccc(CNC(=O)c2ccc([N+](=O)[O-])cc2N)cc1. The minimum Gasteiger partial charge on any atom is -0.497 e. The number of amides is 1. The van der Waals surface area contributed by atoms with E-state index in [9.17, 15) is 14.9 Å². The van der Waals surface area contributed by atoms with Gasteiger partial charge in [0, 0.05) is 18.7 Å². The normalized spacial score (nSPS) is 10.0. The third-order valence-electron chi connectivity index (χ3n) is 3.10. The molecule has 0 saturated carbocycles. The molecule has 0 aliphatic carbocycles. The molecular formula is C15H15N3O4. The maximum Gasteiger partial charge on any atom is 0.271 e. The number of ether oxygens (including phenoxy) is 1. The van der Waals surface area contributed by atoms with Crippen molar-refractivity contribution in [1.82, 2.24) is 5.32 Å². The molecule has 0 aliphatic rings. The summed E-state index contributed by atoms with van der Waals surface area (Å²) in [6, 6.07) is 11.0. The summed E-state index contributed by atoms with van der Waals surface area (Å²) in [5.74, 6) is 0.345. The van der Waals surface area contributed by atoms with Crippen LogP contribution in [0.3, 0.4) is 0 Å². The molecule has 7 heteroatoms. The third kappa shape index (κ3) is 3.51. The highest BCUT2D eigenvalue weighted by atomic mass is 16.6. The Bertz CT molecular complexity index is 698. The van der Waals surface area contributed by atoms with Gasteiger partial charge in [-0.2, -0.15) is 0 Å². The fourth-order valence-corrected chi connectivity index (χ4v) is 1.89. The van der Waals surface area contributed by atoms with Gasteiger partial charge in [0.1, 0.15) is 5.75 Å². The lowest BCUT2D eigenvalue weighted by Gasteiger charge is -2.08. The van der Waals surface area contributed by atoms with Gasteiger partial charge in [-0.05, 0) is 23.8 Å². The van der Waals surface area contributed by atoms with Gasteiger partial charge < -0.3 is 15.8 Å². The summed E-state index contributed by atoms with van der Waals surface area (Å²) in [6.07, 6.45) is 0. The van der Waals surface area contributed by atoms with Crippen molar-refractivity contribution < 1.29 is 14.5 Å². The van der Waals surface area contributed by atoms with E-state index in [2.05, 4.69) is 5.32 Å². The minimum atomic E-state index is -0.560. The number of nitrogen functional groups attached to an aromatic ring is 1. The predicted octanol–water partition coefficient (Wildman–Crippen LogP) is 2.12. The molecule has 0 aliphatic heterocycles. The number of benzene rings is 2. The van der Waals surface area contributed by atoms with Gasteiger partial charge in [-0.3, -0.25) is 14.9 Å². The van der Waals surface area contributed by atoms with Crippen molar-refractivity contribution in [1.29, 1.82) is 0 Å². The van der Waals surface area contributed by atoms with Crippen LogP contribution in [0.25, 0.3) is 0 Å². The molecule has 0 fully saturated rings. The number of nitrogens with zero attached hydrogens (tertiary/aromatic N) is 1. The second kappa shape index (κ2) is 6.57. The number of nitrogens with two attached hydrogens (primary N) is 1. The second-order valence-electron chi connectivity index (χ2n) is 4.56. The number of nitrogens with one attached hydrogen (secondary N) is 1. The van der Waals surface area contributed by atoms with Crippen LogP contribution in [0.15, 0.2) is 42.5 Å². The molecule has 114 valence electrons. The first-order valence-electron chi connectivity index (χ1n) is 6.46. The first kappa shape index (κ1) is 15.3. The third-order valence-corrected chi connectivity index (χ3v) is 3.10. The molecule has 7 nitrogen and oxygen atoms in total. The number of non-ortho nitro benzene ring substituents is 1. The van der Waals surface area contributed by atoms with Crippen LogP contribution >= 0.6 is 0 Å². The van der Waals surface area contributed by atoms with Gasteiger partial charge in [0.2, 0.25) is 0 Å². The van der Waals surface area contributed by atoms with Crippen LogP contribution in [-0.2, 0) is 6.54 Å². The van der Waals surface area contributed by atoms with Crippen LogP contribution in [0.5, 0.6) is 5.75 Å². The number of carbonyl (C=O) groups excluding carboxylic acids is 1. The molecule has 0 saturated heterocycles. The highest BCUT2D eigenvalue weighted by Crippen LogP contribution is 2.20. The fourth-order valence-electron chi connectivity index (χ4n) is 1.89. The molecule has 1 amide bonds. The van der Waals surface area contributed by atoms with Crippen molar-refractivity contribution in [3.8, 4) is 5.75 Å². The summed E-state index contributed by atoms with van der Waals surface area (Å²) in [5, 5.41) is 13.3. The van der Waals surface area contributed by atoms with Crippen molar-refractivity contribution in [3.63, 3.8) is 0 Å². The number of rotatable bonds is 5. The highest BCUT2D eigenvalue weighted by molar-refractivity contribution is 5.99. The Hall–Kier alpha value is -3.09. The standard InChI is InChI=1S/C15H15N3O4/c1-22-12-5-2-10(3-6-12)9-17-15(19)13-7-4-11(18(20)21)8-14(13)16/h2-8H,9,16H2,1H3,(H,17,19). The summed E-state index contributed by atoms with van der Waals surface area (Å²) in [5.41, 5.74) is 6.71. The molecule has 2 aromatic rings. The van der Waals surface area contributed by atoms with Gasteiger partial charge in [-0.25, -0.2) is 0 Å². The Morgan fingerprint density at radius 3 is 2.50 bits per heavy atom. The monoisotopic (exact) mass is 301 g/mol. The quantitative estimate of drug-likeness (QED) is 0.499. The Morgan fingerprint density at radius 2 is 1.95 bits per heavy atom. The van der Waals surface area contributed by atoms with Gasteiger partial charge >= 0.3 is 0 Å². The lowest BCUT2D eigenvalue weighted by atomic mass is 10.1. The molecule has 0 atom stereocenters. The van der Waals surface area contributed by atoms with Crippen LogP contribution in [0, 0.1) is 10.1 Å². The Labute approximate surface area is 126 Å². The Kier molecular flexibility index (Phi) is 4.57. The number of nitro benzene ring substituents is 1. The van der Waals surface area contributed by atoms with E-state index < -0.39 is 4.92 Å². The first-order valence-corrected chi connectivity index (χ1v) is 6.46. The number of methoxy groups -OCH3 is 1. The lowest BCUT2D eigenvalue weighted by molar-refractivity contribution is -0.384. The second-order valence-corrected chi connectivity index (χ2v) is 4.56. The summed E-state index contributed by atoms with van der Waals surface area (Å²) in [4.78, 5) is 22.1. The van der Waals surface area contributed by atoms with Crippen LogP contribution in [0.4, 0.5) is 11.4 Å². The zero-order valence-corrected chi connectivity index (χ0v) is 11.9. The smallest absolute Gasteiger partial charge is 0.271 e. The van der Waals surface area contributed by atoms with E-state index in [1.54, 1.807) is 19.2 Å².